The molecule has 6 heteroatoms. The molecular weight excluding hydrogens is 306 g/mol. The van der Waals surface area contributed by atoms with Gasteiger partial charge in [0.05, 0.1) is 5.57 Å². The normalized spacial score (nSPS) is 16.6. The van der Waals surface area contributed by atoms with Crippen molar-refractivity contribution in [3.63, 3.8) is 0 Å². The van der Waals surface area contributed by atoms with Crippen LogP contribution in [0.4, 0.5) is 0 Å². The fourth-order valence-corrected chi connectivity index (χ4v) is 3.26. The molecule has 2 aromatic rings. The molecule has 5 N–H and O–H groups in total. The molecule has 24 heavy (non-hydrogen) atoms. The maximum absolute atomic E-state index is 12.0. The molecule has 3 rings (SSSR count). The van der Waals surface area contributed by atoms with Gasteiger partial charge in [0.25, 0.3) is 0 Å². The molecule has 0 saturated heterocycles. The largest absolute Gasteiger partial charge is 0.508 e. The Bertz CT molecular complexity index is 844. The lowest BCUT2D eigenvalue weighted by Crippen LogP contribution is -2.32. The average molecular weight is 323 g/mol. The molecule has 122 valence electrons. The second-order valence-corrected chi connectivity index (χ2v) is 5.82. The summed E-state index contributed by atoms with van der Waals surface area (Å²) in [5.74, 6) is -1.65. The van der Waals surface area contributed by atoms with Crippen LogP contribution in [-0.2, 0) is 22.4 Å². The summed E-state index contributed by atoms with van der Waals surface area (Å²) in [5.41, 5.74) is 13.7. The van der Waals surface area contributed by atoms with E-state index in [1.807, 2.05) is 12.1 Å². The van der Waals surface area contributed by atoms with Crippen LogP contribution < -0.4 is 11.5 Å². The molecule has 0 saturated carbocycles. The van der Waals surface area contributed by atoms with E-state index in [-0.39, 0.29) is 22.8 Å². The third kappa shape index (κ3) is 2.86. The first-order chi connectivity index (χ1) is 11.5. The first-order valence-corrected chi connectivity index (χ1v) is 7.52. The molecule has 1 unspecified atom stereocenters. The molecule has 0 fully saturated rings. The Labute approximate surface area is 138 Å². The average Bonchev–Trinajstić information content (AvgIpc) is 2.54. The van der Waals surface area contributed by atoms with Gasteiger partial charge in [-0.3, -0.25) is 14.6 Å². The summed E-state index contributed by atoms with van der Waals surface area (Å²) in [5, 5.41) is 9.72. The number of fused-ring (bicyclic) bond motifs is 1. The predicted molar refractivity (Wildman–Crippen MR) is 88.6 cm³/mol. The van der Waals surface area contributed by atoms with Crippen LogP contribution in [0.15, 0.2) is 48.3 Å². The molecule has 6 nitrogen and oxygen atoms in total. The molecule has 1 aliphatic rings. The molecular formula is C18H17N3O3. The van der Waals surface area contributed by atoms with Gasteiger partial charge in [0.15, 0.2) is 0 Å². The van der Waals surface area contributed by atoms with E-state index in [4.69, 9.17) is 11.5 Å². The van der Waals surface area contributed by atoms with Crippen molar-refractivity contribution in [1.82, 2.24) is 4.98 Å². The summed E-state index contributed by atoms with van der Waals surface area (Å²) >= 11 is 0. The monoisotopic (exact) mass is 323 g/mol. The Hall–Kier alpha value is -3.15. The highest BCUT2D eigenvalue weighted by Crippen LogP contribution is 2.37. The number of hydrogen-bond donors (Lipinski definition) is 3. The number of pyridine rings is 1. The maximum Gasteiger partial charge on any atom is 0.249 e. The highest BCUT2D eigenvalue weighted by molar-refractivity contribution is 6.26. The van der Waals surface area contributed by atoms with E-state index < -0.39 is 11.8 Å². The predicted octanol–water partition coefficient (Wildman–Crippen LogP) is 0.926. The van der Waals surface area contributed by atoms with E-state index >= 15 is 0 Å². The van der Waals surface area contributed by atoms with E-state index in [1.54, 1.807) is 24.5 Å². The summed E-state index contributed by atoms with van der Waals surface area (Å²) in [6.45, 7) is 0. The van der Waals surface area contributed by atoms with Gasteiger partial charge in [-0.15, -0.1) is 0 Å². The molecule has 0 aliphatic heterocycles. The minimum Gasteiger partial charge on any atom is -0.508 e. The van der Waals surface area contributed by atoms with Crippen molar-refractivity contribution < 1.29 is 14.7 Å². The Morgan fingerprint density at radius 2 is 1.83 bits per heavy atom. The van der Waals surface area contributed by atoms with Crippen LogP contribution in [0.5, 0.6) is 5.75 Å². The molecule has 0 radical (unpaired) electrons. The number of carbonyl (C=O) groups excluding carboxylic acids is 2. The van der Waals surface area contributed by atoms with Crippen LogP contribution in [0, 0.1) is 5.92 Å². The van der Waals surface area contributed by atoms with Gasteiger partial charge in [-0.1, -0.05) is 6.07 Å². The minimum absolute atomic E-state index is 0.00361. The van der Waals surface area contributed by atoms with Gasteiger partial charge in [-0.25, -0.2) is 0 Å². The lowest BCUT2D eigenvalue weighted by atomic mass is 9.75. The van der Waals surface area contributed by atoms with Gasteiger partial charge in [0, 0.05) is 18.0 Å². The van der Waals surface area contributed by atoms with Crippen molar-refractivity contribution in [3.05, 3.63) is 65.0 Å². The molecule has 1 aromatic carbocycles. The summed E-state index contributed by atoms with van der Waals surface area (Å²) in [7, 11) is 0. The third-order valence-electron chi connectivity index (χ3n) is 4.25. The number of nitrogens with two attached hydrogens (primary N) is 2. The van der Waals surface area contributed by atoms with Gasteiger partial charge in [0.2, 0.25) is 11.8 Å². The SMILES string of the molecule is NC(=O)C1=C(C(N)=O)C(Cc2ccncc2)Cc2ccc(O)cc21. The number of phenolic OH excluding ortho intramolecular Hbond substituents is 1. The number of aromatic hydroxyl groups is 1. The van der Waals surface area contributed by atoms with E-state index in [1.165, 1.54) is 6.07 Å². The fraction of sp³-hybridized carbons (Fsp3) is 0.167. The van der Waals surface area contributed by atoms with E-state index in [0.717, 1.165) is 11.1 Å². The molecule has 1 atom stereocenters. The second kappa shape index (κ2) is 6.16. The Kier molecular flexibility index (Phi) is 4.04. The molecule has 1 heterocycles. The van der Waals surface area contributed by atoms with Crippen LogP contribution in [0.1, 0.15) is 16.7 Å². The standard InChI is InChI=1S/C18H17N3O3/c19-17(23)15-12(7-10-3-5-21-6-4-10)8-11-1-2-13(22)9-14(11)16(15)18(20)24/h1-6,9,12,22H,7-8H2,(H2,19,23)(H2,20,24). The van der Waals surface area contributed by atoms with Gasteiger partial charge in [-0.2, -0.15) is 0 Å². The minimum atomic E-state index is -0.727. The van der Waals surface area contributed by atoms with Crippen molar-refractivity contribution in [3.8, 4) is 5.75 Å². The summed E-state index contributed by atoms with van der Waals surface area (Å²) in [6.07, 6.45) is 4.42. The fourth-order valence-electron chi connectivity index (χ4n) is 3.26. The smallest absolute Gasteiger partial charge is 0.249 e. The number of hydrogen-bond acceptors (Lipinski definition) is 4. The van der Waals surface area contributed by atoms with Crippen LogP contribution >= 0.6 is 0 Å². The number of aromatic nitrogens is 1. The van der Waals surface area contributed by atoms with Crippen LogP contribution in [0.3, 0.4) is 0 Å². The van der Waals surface area contributed by atoms with Gasteiger partial charge in [-0.05, 0) is 59.7 Å². The molecule has 1 aromatic heterocycles. The number of rotatable bonds is 4. The topological polar surface area (TPSA) is 119 Å². The molecule has 0 spiro atoms. The van der Waals surface area contributed by atoms with E-state index in [9.17, 15) is 14.7 Å². The number of benzene rings is 1. The van der Waals surface area contributed by atoms with Crippen molar-refractivity contribution in [2.24, 2.45) is 17.4 Å². The third-order valence-corrected chi connectivity index (χ3v) is 4.25. The molecule has 2 amide bonds. The molecule has 1 aliphatic carbocycles. The Balaban J connectivity index is 2.14. The van der Waals surface area contributed by atoms with Crippen LogP contribution in [0.2, 0.25) is 0 Å². The van der Waals surface area contributed by atoms with E-state index in [2.05, 4.69) is 4.98 Å². The van der Waals surface area contributed by atoms with Gasteiger partial charge >= 0.3 is 0 Å². The number of primary amides is 2. The first-order valence-electron chi connectivity index (χ1n) is 7.52. The number of carbonyl (C=O) groups is 2. The first kappa shape index (κ1) is 15.7. The van der Waals surface area contributed by atoms with Crippen molar-refractivity contribution in [2.45, 2.75) is 12.8 Å². The molecule has 0 bridgehead atoms. The van der Waals surface area contributed by atoms with Crippen molar-refractivity contribution in [1.29, 1.82) is 0 Å². The highest BCUT2D eigenvalue weighted by Gasteiger charge is 2.33. The van der Waals surface area contributed by atoms with Gasteiger partial charge in [0.1, 0.15) is 5.75 Å². The van der Waals surface area contributed by atoms with Crippen molar-refractivity contribution in [2.75, 3.05) is 0 Å². The second-order valence-electron chi connectivity index (χ2n) is 5.82. The summed E-state index contributed by atoms with van der Waals surface area (Å²) in [4.78, 5) is 28.0. The lowest BCUT2D eigenvalue weighted by Gasteiger charge is -2.28. The number of amides is 2. The van der Waals surface area contributed by atoms with Crippen LogP contribution in [-0.4, -0.2) is 21.9 Å². The summed E-state index contributed by atoms with van der Waals surface area (Å²) < 4.78 is 0. The maximum atomic E-state index is 12.0. The Morgan fingerprint density at radius 3 is 2.46 bits per heavy atom. The zero-order chi connectivity index (χ0) is 17.3. The number of phenols is 1. The zero-order valence-electron chi connectivity index (χ0n) is 12.9. The summed E-state index contributed by atoms with van der Waals surface area (Å²) in [6, 6.07) is 8.45. The highest BCUT2D eigenvalue weighted by atomic mass is 16.3. The van der Waals surface area contributed by atoms with E-state index in [0.29, 0.717) is 18.4 Å². The van der Waals surface area contributed by atoms with Crippen molar-refractivity contribution >= 4 is 17.4 Å². The number of nitrogens with zero attached hydrogens (tertiary/aromatic N) is 1. The quantitative estimate of drug-likeness (QED) is 0.775. The van der Waals surface area contributed by atoms with Crippen LogP contribution in [0.25, 0.3) is 5.57 Å². The zero-order valence-corrected chi connectivity index (χ0v) is 12.9. The van der Waals surface area contributed by atoms with Gasteiger partial charge < -0.3 is 16.6 Å². The lowest BCUT2D eigenvalue weighted by molar-refractivity contribution is -0.116. The Morgan fingerprint density at radius 1 is 1.12 bits per heavy atom.